The van der Waals surface area contributed by atoms with Crippen molar-refractivity contribution in [3.63, 3.8) is 0 Å². The first-order valence-corrected chi connectivity index (χ1v) is 3.54. The van der Waals surface area contributed by atoms with Crippen LogP contribution in [0.1, 0.15) is 0 Å². The van der Waals surface area contributed by atoms with Crippen LogP contribution in [0.15, 0.2) is 41.7 Å². The van der Waals surface area contributed by atoms with Crippen LogP contribution in [0, 0.1) is 0 Å². The van der Waals surface area contributed by atoms with Gasteiger partial charge in [-0.15, -0.1) is 0 Å². The molecule has 2 rings (SSSR count). The zero-order valence-corrected chi connectivity index (χ0v) is 6.27. The summed E-state index contributed by atoms with van der Waals surface area (Å²) in [6, 6.07) is 3.55. The summed E-state index contributed by atoms with van der Waals surface area (Å²) in [4.78, 5) is 17.5. The minimum Gasteiger partial charge on any atom is -0.312 e. The summed E-state index contributed by atoms with van der Waals surface area (Å²) < 4.78 is 1.52. The predicted molar refractivity (Wildman–Crippen MR) is 44.2 cm³/mol. The fraction of sp³-hybridized carbons (Fsp3) is 0. The Morgan fingerprint density at radius 2 is 2.08 bits per heavy atom. The Morgan fingerprint density at radius 1 is 1.33 bits per heavy atom. The van der Waals surface area contributed by atoms with Crippen LogP contribution in [-0.2, 0) is 0 Å². The zero-order chi connectivity index (χ0) is 8.39. The maximum absolute atomic E-state index is 11.1. The van der Waals surface area contributed by atoms with Gasteiger partial charge in [0, 0.05) is 24.8 Å². The second-order valence-electron chi connectivity index (χ2n) is 2.34. The van der Waals surface area contributed by atoms with Gasteiger partial charge in [0.2, 0.25) is 0 Å². The summed E-state index contributed by atoms with van der Waals surface area (Å²) in [6.45, 7) is 0. The fourth-order valence-corrected chi connectivity index (χ4v) is 1.03. The van der Waals surface area contributed by atoms with E-state index in [9.17, 15) is 4.79 Å². The number of hydrogen-bond donors (Lipinski definition) is 1. The van der Waals surface area contributed by atoms with Crippen molar-refractivity contribution in [2.45, 2.75) is 0 Å². The van der Waals surface area contributed by atoms with Crippen LogP contribution in [-0.4, -0.2) is 14.5 Å². The molecule has 1 N–H and O–H groups in total. The number of nitrogens with zero attached hydrogens (tertiary/aromatic N) is 2. The maximum atomic E-state index is 11.1. The maximum Gasteiger partial charge on any atom is 0.330 e. The molecule has 12 heavy (non-hydrogen) atoms. The van der Waals surface area contributed by atoms with Gasteiger partial charge in [0.25, 0.3) is 0 Å². The highest BCUT2D eigenvalue weighted by molar-refractivity contribution is 5.28. The summed E-state index contributed by atoms with van der Waals surface area (Å²) in [7, 11) is 0. The van der Waals surface area contributed by atoms with Gasteiger partial charge in [0.15, 0.2) is 0 Å². The molecule has 0 fully saturated rings. The number of nitrogens with one attached hydrogen (secondary N) is 1. The molecule has 0 aliphatic heterocycles. The highest BCUT2D eigenvalue weighted by atomic mass is 16.1. The van der Waals surface area contributed by atoms with E-state index in [0.717, 1.165) is 5.69 Å². The number of rotatable bonds is 1. The first kappa shape index (κ1) is 6.84. The molecular weight excluding hydrogens is 154 g/mol. The van der Waals surface area contributed by atoms with Crippen LogP contribution in [0.4, 0.5) is 0 Å². The predicted octanol–water partition coefficient (Wildman–Crippen LogP) is 0.561. The van der Waals surface area contributed by atoms with Crippen LogP contribution < -0.4 is 5.69 Å². The van der Waals surface area contributed by atoms with Gasteiger partial charge in [-0.1, -0.05) is 0 Å². The van der Waals surface area contributed by atoms with E-state index in [4.69, 9.17) is 0 Å². The molecule has 4 heteroatoms. The monoisotopic (exact) mass is 161 g/mol. The van der Waals surface area contributed by atoms with Crippen LogP contribution in [0.3, 0.4) is 0 Å². The third-order valence-corrected chi connectivity index (χ3v) is 1.59. The summed E-state index contributed by atoms with van der Waals surface area (Å²) in [5.41, 5.74) is 0.678. The second-order valence-corrected chi connectivity index (χ2v) is 2.34. The molecule has 4 nitrogen and oxygen atoms in total. The third kappa shape index (κ3) is 1.03. The summed E-state index contributed by atoms with van der Waals surface area (Å²) >= 11 is 0. The highest BCUT2D eigenvalue weighted by Gasteiger charge is 1.96. The van der Waals surface area contributed by atoms with Crippen LogP contribution in [0.5, 0.6) is 0 Å². The molecule has 0 saturated heterocycles. The number of H-pyrrole nitrogens is 1. The topological polar surface area (TPSA) is 50.7 Å². The number of hydrogen-bond acceptors (Lipinski definition) is 2. The van der Waals surface area contributed by atoms with E-state index in [1.807, 2.05) is 0 Å². The Balaban J connectivity index is 2.59. The Kier molecular flexibility index (Phi) is 1.51. The number of aromatic amines is 1. The molecule has 2 aromatic heterocycles. The van der Waals surface area contributed by atoms with E-state index in [0.29, 0.717) is 0 Å². The Hall–Kier alpha value is -1.84. The van der Waals surface area contributed by atoms with Crippen molar-refractivity contribution in [3.8, 4) is 5.69 Å². The lowest BCUT2D eigenvalue weighted by Gasteiger charge is -1.97. The molecule has 0 amide bonds. The molecule has 2 heterocycles. The van der Waals surface area contributed by atoms with Gasteiger partial charge in [-0.05, 0) is 12.1 Å². The van der Waals surface area contributed by atoms with Crippen molar-refractivity contribution < 1.29 is 0 Å². The lowest BCUT2D eigenvalue weighted by Crippen LogP contribution is -2.13. The summed E-state index contributed by atoms with van der Waals surface area (Å²) in [5.74, 6) is 0. The molecule has 0 unspecified atom stereocenters. The zero-order valence-electron chi connectivity index (χ0n) is 6.27. The van der Waals surface area contributed by atoms with E-state index in [1.165, 1.54) is 4.57 Å². The molecule has 0 aromatic carbocycles. The molecule has 60 valence electrons. The van der Waals surface area contributed by atoms with Crippen molar-refractivity contribution >= 4 is 0 Å². The minimum atomic E-state index is -0.138. The molecule has 0 aliphatic rings. The Labute approximate surface area is 68.5 Å². The molecule has 0 radical (unpaired) electrons. The third-order valence-electron chi connectivity index (χ3n) is 1.59. The number of imidazole rings is 1. The Morgan fingerprint density at radius 3 is 2.67 bits per heavy atom. The quantitative estimate of drug-likeness (QED) is 0.664. The average Bonchev–Trinajstić information content (AvgIpc) is 2.53. The van der Waals surface area contributed by atoms with Crippen LogP contribution in [0.2, 0.25) is 0 Å². The van der Waals surface area contributed by atoms with Crippen molar-refractivity contribution in [2.75, 3.05) is 0 Å². The lowest BCUT2D eigenvalue weighted by molar-refractivity contribution is 0.982. The first-order valence-electron chi connectivity index (χ1n) is 3.54. The van der Waals surface area contributed by atoms with E-state index >= 15 is 0 Å². The van der Waals surface area contributed by atoms with Gasteiger partial charge in [-0.25, -0.2) is 4.79 Å². The molecule has 2 aromatic rings. The second kappa shape index (κ2) is 2.65. The van der Waals surface area contributed by atoms with Crippen molar-refractivity contribution in [2.24, 2.45) is 0 Å². The normalized spacial score (nSPS) is 10.0. The van der Waals surface area contributed by atoms with Gasteiger partial charge in [-0.2, -0.15) is 0 Å². The molecule has 0 aliphatic carbocycles. The fourth-order valence-electron chi connectivity index (χ4n) is 1.03. The Bertz CT molecular complexity index is 415. The molecular formula is C8H7N3O. The average molecular weight is 161 g/mol. The summed E-state index contributed by atoms with van der Waals surface area (Å²) in [5, 5.41) is 0. The van der Waals surface area contributed by atoms with Gasteiger partial charge in [0.05, 0.1) is 5.69 Å². The molecule has 0 spiro atoms. The van der Waals surface area contributed by atoms with Crippen molar-refractivity contribution in [3.05, 3.63) is 47.4 Å². The molecule has 0 bridgehead atoms. The van der Waals surface area contributed by atoms with Crippen LogP contribution >= 0.6 is 0 Å². The minimum absolute atomic E-state index is 0.138. The van der Waals surface area contributed by atoms with Crippen molar-refractivity contribution in [1.29, 1.82) is 0 Å². The van der Waals surface area contributed by atoms with Gasteiger partial charge < -0.3 is 4.98 Å². The van der Waals surface area contributed by atoms with Gasteiger partial charge >= 0.3 is 5.69 Å². The van der Waals surface area contributed by atoms with E-state index in [-0.39, 0.29) is 5.69 Å². The summed E-state index contributed by atoms with van der Waals surface area (Å²) in [6.07, 6.45) is 6.57. The van der Waals surface area contributed by atoms with Gasteiger partial charge in [-0.3, -0.25) is 9.55 Å². The van der Waals surface area contributed by atoms with E-state index in [2.05, 4.69) is 9.97 Å². The van der Waals surface area contributed by atoms with E-state index < -0.39 is 0 Å². The standard InChI is InChI=1S/C8H7N3O/c12-8-10-5-6-11(8)7-1-3-9-4-2-7/h1-6H,(H,10,12). The largest absolute Gasteiger partial charge is 0.330 e. The lowest BCUT2D eigenvalue weighted by atomic mass is 10.4. The van der Waals surface area contributed by atoms with E-state index in [1.54, 1.807) is 36.9 Å². The number of pyridine rings is 1. The van der Waals surface area contributed by atoms with Crippen LogP contribution in [0.25, 0.3) is 5.69 Å². The molecule has 0 atom stereocenters. The molecule has 0 saturated carbocycles. The SMILES string of the molecule is O=c1[nH]ccn1-c1ccncc1. The smallest absolute Gasteiger partial charge is 0.312 e. The number of aromatic nitrogens is 3. The first-order chi connectivity index (χ1) is 5.88. The highest BCUT2D eigenvalue weighted by Crippen LogP contribution is 1.99. The van der Waals surface area contributed by atoms with Gasteiger partial charge in [0.1, 0.15) is 0 Å². The van der Waals surface area contributed by atoms with Crippen molar-refractivity contribution in [1.82, 2.24) is 14.5 Å².